The Morgan fingerprint density at radius 3 is 2.61 bits per heavy atom. The van der Waals surface area contributed by atoms with Crippen molar-refractivity contribution in [2.45, 2.75) is 51.6 Å². The predicted molar refractivity (Wildman–Crippen MR) is 110 cm³/mol. The molecule has 3 aromatic rings. The first-order valence-corrected chi connectivity index (χ1v) is 9.80. The maximum absolute atomic E-state index is 11.3. The molecule has 0 unspecified atom stereocenters. The molecule has 4 rings (SSSR count). The third-order valence-corrected chi connectivity index (χ3v) is 5.18. The summed E-state index contributed by atoms with van der Waals surface area (Å²) in [5.74, 6) is 0.810. The molecule has 0 spiro atoms. The monoisotopic (exact) mass is 379 g/mol. The van der Waals surface area contributed by atoms with Gasteiger partial charge in [0.15, 0.2) is 17.0 Å². The minimum absolute atomic E-state index is 0.409. The molecule has 28 heavy (non-hydrogen) atoms. The van der Waals surface area contributed by atoms with Gasteiger partial charge in [-0.05, 0) is 44.0 Å². The van der Waals surface area contributed by atoms with Gasteiger partial charge in [0.25, 0.3) is 0 Å². The zero-order valence-electron chi connectivity index (χ0n) is 16.0. The van der Waals surface area contributed by atoms with Gasteiger partial charge in [0.05, 0.1) is 6.33 Å². The third kappa shape index (κ3) is 3.76. The summed E-state index contributed by atoms with van der Waals surface area (Å²) in [6.07, 6.45) is 7.85. The first-order chi connectivity index (χ1) is 13.6. The van der Waals surface area contributed by atoms with Crippen LogP contribution in [0.1, 0.15) is 49.4 Å². The number of imidazole rings is 1. The van der Waals surface area contributed by atoms with Gasteiger partial charge in [-0.15, -0.1) is 0 Å². The Labute approximate surface area is 163 Å². The predicted octanol–water partition coefficient (Wildman–Crippen LogP) is 3.43. The molecule has 8 nitrogen and oxygen atoms in total. The van der Waals surface area contributed by atoms with Crippen LogP contribution in [0.2, 0.25) is 0 Å². The molecule has 4 N–H and O–H groups in total. The van der Waals surface area contributed by atoms with Crippen LogP contribution >= 0.6 is 0 Å². The number of carbonyl (C=O) groups is 1. The normalized spacial score (nSPS) is 14.9. The number of primary amides is 1. The molecule has 0 saturated heterocycles. The first-order valence-electron chi connectivity index (χ1n) is 9.80. The molecule has 0 aliphatic heterocycles. The summed E-state index contributed by atoms with van der Waals surface area (Å²) in [5.41, 5.74) is 8.10. The lowest BCUT2D eigenvalue weighted by Gasteiger charge is -2.23. The van der Waals surface area contributed by atoms with E-state index >= 15 is 0 Å². The molecular formula is C20H25N7O. The van der Waals surface area contributed by atoms with Crippen molar-refractivity contribution in [3.63, 3.8) is 0 Å². The Bertz CT molecular complexity index is 974. The third-order valence-electron chi connectivity index (χ3n) is 5.18. The second-order valence-electron chi connectivity index (χ2n) is 7.14. The maximum Gasteiger partial charge on any atom is 0.248 e. The number of carbonyl (C=O) groups excluding carboxylic acids is 1. The second-order valence-corrected chi connectivity index (χ2v) is 7.14. The van der Waals surface area contributed by atoms with Gasteiger partial charge in [-0.25, -0.2) is 4.98 Å². The molecule has 0 radical (unpaired) electrons. The van der Waals surface area contributed by atoms with Crippen molar-refractivity contribution in [1.82, 2.24) is 19.5 Å². The average Bonchev–Trinajstić information content (AvgIpc) is 3.12. The minimum Gasteiger partial charge on any atom is -0.366 e. The van der Waals surface area contributed by atoms with Gasteiger partial charge >= 0.3 is 0 Å². The van der Waals surface area contributed by atoms with Crippen molar-refractivity contribution >= 4 is 34.5 Å². The zero-order chi connectivity index (χ0) is 19.5. The topological polar surface area (TPSA) is 111 Å². The summed E-state index contributed by atoms with van der Waals surface area (Å²) in [6.45, 7) is 2.84. The molecule has 2 heterocycles. The van der Waals surface area contributed by atoms with E-state index in [1.807, 2.05) is 4.57 Å². The number of hydrogen-bond donors (Lipinski definition) is 3. The lowest BCUT2D eigenvalue weighted by molar-refractivity contribution is 0.100. The van der Waals surface area contributed by atoms with E-state index < -0.39 is 5.91 Å². The lowest BCUT2D eigenvalue weighted by atomic mass is 9.96. The minimum atomic E-state index is -0.448. The van der Waals surface area contributed by atoms with Crippen molar-refractivity contribution < 1.29 is 4.79 Å². The summed E-state index contributed by atoms with van der Waals surface area (Å²) >= 11 is 0. The number of nitrogens with zero attached hydrogens (tertiary/aromatic N) is 4. The van der Waals surface area contributed by atoms with E-state index in [0.29, 0.717) is 23.4 Å². The van der Waals surface area contributed by atoms with Gasteiger partial charge in [-0.1, -0.05) is 19.3 Å². The highest BCUT2D eigenvalue weighted by atomic mass is 16.1. The molecule has 1 aliphatic carbocycles. The van der Waals surface area contributed by atoms with Crippen LogP contribution in [0, 0.1) is 0 Å². The Morgan fingerprint density at radius 2 is 1.93 bits per heavy atom. The van der Waals surface area contributed by atoms with Crippen LogP contribution in [0.25, 0.3) is 11.2 Å². The number of hydrogen-bond acceptors (Lipinski definition) is 6. The fraction of sp³-hybridized carbons (Fsp3) is 0.400. The van der Waals surface area contributed by atoms with Crippen molar-refractivity contribution in [3.05, 3.63) is 36.2 Å². The lowest BCUT2D eigenvalue weighted by Crippen LogP contribution is -2.23. The Morgan fingerprint density at radius 1 is 1.18 bits per heavy atom. The number of anilines is 3. The van der Waals surface area contributed by atoms with E-state index in [0.717, 1.165) is 36.2 Å². The van der Waals surface area contributed by atoms with E-state index in [4.69, 9.17) is 15.7 Å². The number of nitrogens with one attached hydrogen (secondary N) is 2. The Kier molecular flexibility index (Phi) is 5.10. The summed E-state index contributed by atoms with van der Waals surface area (Å²) in [7, 11) is 0. The highest BCUT2D eigenvalue weighted by Gasteiger charge is 2.18. The number of nitrogens with two attached hydrogens (primary N) is 1. The number of aromatic nitrogens is 4. The van der Waals surface area contributed by atoms with E-state index in [1.54, 1.807) is 30.6 Å². The maximum atomic E-state index is 11.3. The molecule has 1 amide bonds. The highest BCUT2D eigenvalue weighted by molar-refractivity contribution is 5.93. The smallest absolute Gasteiger partial charge is 0.248 e. The van der Waals surface area contributed by atoms with Crippen LogP contribution in [-0.2, 0) is 6.54 Å². The average molecular weight is 379 g/mol. The van der Waals surface area contributed by atoms with Crippen LogP contribution in [0.5, 0.6) is 0 Å². The van der Waals surface area contributed by atoms with Crippen LogP contribution in [-0.4, -0.2) is 31.5 Å². The summed E-state index contributed by atoms with van der Waals surface area (Å²) in [5, 5.41) is 6.81. The molecule has 0 atom stereocenters. The zero-order valence-corrected chi connectivity index (χ0v) is 16.0. The number of fused-ring (bicyclic) bond motifs is 1. The largest absolute Gasteiger partial charge is 0.366 e. The van der Waals surface area contributed by atoms with Crippen molar-refractivity contribution in [2.75, 3.05) is 10.6 Å². The molecule has 2 aromatic heterocycles. The van der Waals surface area contributed by atoms with Crippen molar-refractivity contribution in [1.29, 1.82) is 0 Å². The van der Waals surface area contributed by atoms with Crippen LogP contribution < -0.4 is 16.4 Å². The van der Waals surface area contributed by atoms with E-state index in [2.05, 4.69) is 22.5 Å². The van der Waals surface area contributed by atoms with Crippen molar-refractivity contribution in [2.24, 2.45) is 5.73 Å². The molecule has 1 fully saturated rings. The first kappa shape index (κ1) is 18.2. The number of benzene rings is 1. The molecule has 1 aliphatic rings. The second kappa shape index (κ2) is 7.84. The number of aryl methyl sites for hydroxylation is 1. The number of rotatable bonds is 6. The van der Waals surface area contributed by atoms with E-state index in [1.165, 1.54) is 19.3 Å². The summed E-state index contributed by atoms with van der Waals surface area (Å²) in [4.78, 5) is 25.2. The van der Waals surface area contributed by atoms with Crippen LogP contribution in [0.3, 0.4) is 0 Å². The van der Waals surface area contributed by atoms with E-state index in [-0.39, 0.29) is 0 Å². The summed E-state index contributed by atoms with van der Waals surface area (Å²) in [6, 6.07) is 7.40. The quantitative estimate of drug-likeness (QED) is 0.605. The van der Waals surface area contributed by atoms with Crippen LogP contribution in [0.4, 0.5) is 17.5 Å². The Hall–Kier alpha value is -3.16. The molecule has 0 bridgehead atoms. The fourth-order valence-electron chi connectivity index (χ4n) is 3.61. The van der Waals surface area contributed by atoms with E-state index in [9.17, 15) is 4.79 Å². The van der Waals surface area contributed by atoms with Gasteiger partial charge in [0, 0.05) is 23.8 Å². The van der Waals surface area contributed by atoms with Gasteiger partial charge in [0.2, 0.25) is 11.9 Å². The Balaban J connectivity index is 1.66. The highest BCUT2D eigenvalue weighted by Crippen LogP contribution is 2.26. The number of amides is 1. The van der Waals surface area contributed by atoms with Gasteiger partial charge < -0.3 is 20.9 Å². The molecule has 146 valence electrons. The summed E-state index contributed by atoms with van der Waals surface area (Å²) < 4.78 is 2.00. The SMILES string of the molecule is CCn1cnc2c(Nc3ccc(C(N)=O)cc3)nc(NC3CCCCC3)nc21. The van der Waals surface area contributed by atoms with Gasteiger partial charge in [-0.2, -0.15) is 9.97 Å². The van der Waals surface area contributed by atoms with Gasteiger partial charge in [0.1, 0.15) is 0 Å². The molecular weight excluding hydrogens is 354 g/mol. The van der Waals surface area contributed by atoms with Crippen LogP contribution in [0.15, 0.2) is 30.6 Å². The molecule has 1 saturated carbocycles. The standard InChI is InChI=1S/C20H25N7O/c1-2-27-12-22-16-18(23-15-10-8-13(9-11-15)17(21)28)25-20(26-19(16)27)24-14-6-4-3-5-7-14/h8-12,14H,2-7H2,1H3,(H2,21,28)(H2,23,24,25,26). The molecule has 1 aromatic carbocycles. The van der Waals surface area contributed by atoms with Gasteiger partial charge in [-0.3, -0.25) is 4.79 Å². The molecule has 8 heteroatoms. The van der Waals surface area contributed by atoms with Crippen molar-refractivity contribution in [3.8, 4) is 0 Å². The fourth-order valence-corrected chi connectivity index (χ4v) is 3.61.